The summed E-state index contributed by atoms with van der Waals surface area (Å²) in [4.78, 5) is 17.7. The van der Waals surface area contributed by atoms with E-state index in [-0.39, 0.29) is 34.8 Å². The zero-order valence-corrected chi connectivity index (χ0v) is 24.4. The molecule has 11 heteroatoms. The van der Waals surface area contributed by atoms with Crippen LogP contribution in [0.25, 0.3) is 5.69 Å². The monoisotopic (exact) mass is 574 g/mol. The largest absolute Gasteiger partial charge is 0.433 e. The summed E-state index contributed by atoms with van der Waals surface area (Å²) in [6.45, 7) is 4.83. The molecule has 2 aromatic rings. The summed E-state index contributed by atoms with van der Waals surface area (Å²) >= 11 is 0. The van der Waals surface area contributed by atoms with Crippen molar-refractivity contribution in [3.8, 4) is 29.8 Å². The first kappa shape index (κ1) is 31.1. The zero-order valence-electron chi connectivity index (χ0n) is 23.6. The Hall–Kier alpha value is -3.44. The Morgan fingerprint density at radius 3 is 2.48 bits per heavy atom. The molecule has 1 aromatic heterocycles. The first-order chi connectivity index (χ1) is 18.6. The third kappa shape index (κ3) is 7.19. The van der Waals surface area contributed by atoms with Crippen LogP contribution in [-0.2, 0) is 22.7 Å². The summed E-state index contributed by atoms with van der Waals surface area (Å²) in [5, 5.41) is 12.1. The maximum Gasteiger partial charge on any atom is 0.387 e. The first-order valence-electron chi connectivity index (χ1n) is 13.2. The zero-order chi connectivity index (χ0) is 29.9. The number of hydrogen-bond acceptors (Lipinski definition) is 6. The molecule has 1 saturated carbocycles. The van der Waals surface area contributed by atoms with Gasteiger partial charge in [0.25, 0.3) is 5.91 Å². The van der Waals surface area contributed by atoms with Gasteiger partial charge in [-0.1, -0.05) is 33.8 Å². The Bertz CT molecular complexity index is 1440. The van der Waals surface area contributed by atoms with E-state index in [1.54, 1.807) is 19.1 Å². The first-order valence-corrected chi connectivity index (χ1v) is 15.1. The molecule has 1 N–H and O–H groups in total. The van der Waals surface area contributed by atoms with Gasteiger partial charge in [-0.15, -0.1) is 6.42 Å². The summed E-state index contributed by atoms with van der Waals surface area (Å²) < 4.78 is 57.0. The lowest BCUT2D eigenvalue weighted by atomic mass is 9.75. The fraction of sp³-hybridized carbons (Fsp3) is 0.552. The number of nitriles is 1. The summed E-state index contributed by atoms with van der Waals surface area (Å²) in [6.07, 6.45) is 9.30. The quantitative estimate of drug-likeness (QED) is 0.429. The molecular formula is C29H36F2N4O4S. The summed E-state index contributed by atoms with van der Waals surface area (Å²) in [6, 6.07) is 7.25. The topological polar surface area (TPSA) is 114 Å². The van der Waals surface area contributed by atoms with E-state index in [2.05, 4.69) is 22.3 Å². The van der Waals surface area contributed by atoms with Crippen molar-refractivity contribution < 1.29 is 26.7 Å². The fourth-order valence-corrected chi connectivity index (χ4v) is 6.24. The number of amides is 1. The van der Waals surface area contributed by atoms with Gasteiger partial charge >= 0.3 is 6.61 Å². The van der Waals surface area contributed by atoms with Crippen LogP contribution in [0.4, 0.5) is 8.78 Å². The second-order valence-electron chi connectivity index (χ2n) is 11.6. The average molecular weight is 575 g/mol. The minimum atomic E-state index is -3.21. The maximum atomic E-state index is 13.4. The van der Waals surface area contributed by atoms with Crippen LogP contribution in [0.5, 0.6) is 5.75 Å². The van der Waals surface area contributed by atoms with E-state index in [4.69, 9.17) is 11.2 Å². The van der Waals surface area contributed by atoms with Gasteiger partial charge in [0.2, 0.25) is 0 Å². The van der Waals surface area contributed by atoms with Gasteiger partial charge < -0.3 is 10.1 Å². The standard InChI is InChI=1S/C29H36F2N4O4S/c1-7-21-25(26(36)33-18-29(17-32)13-11-20(12-14-29)40(6,37)38)34-24(8-2)35(21)22-10-9-19(16-28(3,4)5)15-23(22)39-27(30)31/h1,9-10,15,20,27H,8,11-14,16,18H2,2-6H3,(H,33,36). The Balaban J connectivity index is 1.94. The number of imidazole rings is 1. The summed E-state index contributed by atoms with van der Waals surface area (Å²) in [5.74, 6) is 2.17. The number of halogens is 2. The van der Waals surface area contributed by atoms with Crippen LogP contribution in [0.15, 0.2) is 18.2 Å². The Morgan fingerprint density at radius 1 is 1.32 bits per heavy atom. The predicted octanol–water partition coefficient (Wildman–Crippen LogP) is 4.83. The number of carbonyl (C=O) groups is 1. The van der Waals surface area contributed by atoms with Crippen LogP contribution >= 0.6 is 0 Å². The third-order valence-corrected chi connectivity index (χ3v) is 8.83. The van der Waals surface area contributed by atoms with E-state index in [9.17, 15) is 27.3 Å². The minimum absolute atomic E-state index is 0.00160. The van der Waals surface area contributed by atoms with Gasteiger partial charge in [0.15, 0.2) is 5.69 Å². The Morgan fingerprint density at radius 2 is 1.98 bits per heavy atom. The van der Waals surface area contributed by atoms with E-state index < -0.39 is 33.0 Å². The van der Waals surface area contributed by atoms with Crippen molar-refractivity contribution in [1.29, 1.82) is 5.26 Å². The number of aromatic nitrogens is 2. The van der Waals surface area contributed by atoms with Crippen LogP contribution in [0.3, 0.4) is 0 Å². The molecule has 0 aliphatic heterocycles. The van der Waals surface area contributed by atoms with Gasteiger partial charge in [-0.25, -0.2) is 13.4 Å². The van der Waals surface area contributed by atoms with Crippen LogP contribution in [-0.4, -0.2) is 48.5 Å². The number of aryl methyl sites for hydroxylation is 1. The number of alkyl halides is 2. The molecule has 1 aliphatic rings. The number of nitrogens with one attached hydrogen (secondary N) is 1. The van der Waals surface area contributed by atoms with Crippen molar-refractivity contribution in [1.82, 2.24) is 14.9 Å². The number of hydrogen-bond donors (Lipinski definition) is 1. The molecule has 0 unspecified atom stereocenters. The van der Waals surface area contributed by atoms with Crippen LogP contribution < -0.4 is 10.1 Å². The molecule has 0 atom stereocenters. The van der Waals surface area contributed by atoms with E-state index in [0.29, 0.717) is 44.3 Å². The van der Waals surface area contributed by atoms with E-state index >= 15 is 0 Å². The molecule has 1 amide bonds. The van der Waals surface area contributed by atoms with E-state index in [1.165, 1.54) is 10.8 Å². The van der Waals surface area contributed by atoms with Crippen molar-refractivity contribution in [2.75, 3.05) is 12.8 Å². The van der Waals surface area contributed by atoms with E-state index in [1.807, 2.05) is 26.8 Å². The van der Waals surface area contributed by atoms with Crippen molar-refractivity contribution >= 4 is 15.7 Å². The molecule has 0 spiro atoms. The molecule has 3 rings (SSSR count). The second-order valence-corrected chi connectivity index (χ2v) is 13.9. The molecule has 0 saturated heterocycles. The highest BCUT2D eigenvalue weighted by molar-refractivity contribution is 7.91. The smallest absolute Gasteiger partial charge is 0.387 e. The van der Waals surface area contributed by atoms with Crippen molar-refractivity contribution in [2.24, 2.45) is 10.8 Å². The fourth-order valence-electron chi connectivity index (χ4n) is 5.14. The highest BCUT2D eigenvalue weighted by atomic mass is 32.2. The average Bonchev–Trinajstić information content (AvgIpc) is 3.24. The predicted molar refractivity (Wildman–Crippen MR) is 148 cm³/mol. The molecule has 40 heavy (non-hydrogen) atoms. The van der Waals surface area contributed by atoms with Gasteiger partial charge in [0, 0.05) is 19.2 Å². The van der Waals surface area contributed by atoms with Crippen molar-refractivity contribution in [3.05, 3.63) is 41.0 Å². The number of ether oxygens (including phenoxy) is 1. The van der Waals surface area contributed by atoms with Crippen LogP contribution in [0.1, 0.15) is 80.9 Å². The van der Waals surface area contributed by atoms with Gasteiger partial charge in [-0.05, 0) is 61.1 Å². The van der Waals surface area contributed by atoms with Crippen LogP contribution in [0.2, 0.25) is 0 Å². The Labute approximate surface area is 235 Å². The number of rotatable bonds is 9. The number of terminal acetylenes is 1. The van der Waals surface area contributed by atoms with E-state index in [0.717, 1.165) is 5.56 Å². The molecule has 0 bridgehead atoms. The minimum Gasteiger partial charge on any atom is -0.433 e. The highest BCUT2D eigenvalue weighted by Gasteiger charge is 2.39. The molecule has 0 radical (unpaired) electrons. The highest BCUT2D eigenvalue weighted by Crippen LogP contribution is 2.38. The number of nitrogens with zero attached hydrogens (tertiary/aromatic N) is 3. The molecule has 1 heterocycles. The number of benzene rings is 1. The lowest BCUT2D eigenvalue weighted by molar-refractivity contribution is -0.0499. The molecular weight excluding hydrogens is 538 g/mol. The van der Waals surface area contributed by atoms with Gasteiger partial charge in [0.05, 0.1) is 22.4 Å². The van der Waals surface area contributed by atoms with Crippen molar-refractivity contribution in [3.63, 3.8) is 0 Å². The lowest BCUT2D eigenvalue weighted by Gasteiger charge is -2.34. The number of carbonyl (C=O) groups excluding carboxylic acids is 1. The summed E-state index contributed by atoms with van der Waals surface area (Å²) in [7, 11) is -3.21. The maximum absolute atomic E-state index is 13.4. The lowest BCUT2D eigenvalue weighted by Crippen LogP contribution is -2.41. The normalized spacial score (nSPS) is 19.6. The number of sulfone groups is 1. The van der Waals surface area contributed by atoms with Gasteiger partial charge in [-0.2, -0.15) is 14.0 Å². The molecule has 1 aliphatic carbocycles. The molecule has 216 valence electrons. The van der Waals surface area contributed by atoms with Crippen molar-refractivity contribution in [2.45, 2.75) is 78.1 Å². The molecule has 8 nitrogen and oxygen atoms in total. The molecule has 1 fully saturated rings. The SMILES string of the molecule is C#Cc1c(C(=O)NCC2(C#N)CCC(S(C)(=O)=O)CC2)nc(CC)n1-c1ccc(CC(C)(C)C)cc1OC(F)F. The molecule has 1 aromatic carbocycles. The Kier molecular flexibility index (Phi) is 9.31. The summed E-state index contributed by atoms with van der Waals surface area (Å²) in [5.41, 5.74) is 0.0417. The third-order valence-electron chi connectivity index (χ3n) is 7.15. The van der Waals surface area contributed by atoms with Crippen LogP contribution in [0, 0.1) is 34.5 Å². The second kappa shape index (κ2) is 12.0. The van der Waals surface area contributed by atoms with Gasteiger partial charge in [0.1, 0.15) is 27.1 Å². The van der Waals surface area contributed by atoms with Gasteiger partial charge in [-0.3, -0.25) is 9.36 Å².